The zero-order chi connectivity index (χ0) is 17.1. The van der Waals surface area contributed by atoms with E-state index in [1.807, 2.05) is 48.7 Å². The first kappa shape index (κ1) is 15.6. The van der Waals surface area contributed by atoms with Gasteiger partial charge in [-0.25, -0.2) is 0 Å². The number of H-pyrrole nitrogens is 1. The molecule has 0 bridgehead atoms. The topological polar surface area (TPSA) is 63.4 Å². The highest BCUT2D eigenvalue weighted by atomic mass is 16.7. The Labute approximate surface area is 146 Å². The van der Waals surface area contributed by atoms with Crippen molar-refractivity contribution < 1.29 is 14.3 Å². The summed E-state index contributed by atoms with van der Waals surface area (Å²) < 4.78 is 10.7. The first-order chi connectivity index (χ1) is 12.3. The lowest BCUT2D eigenvalue weighted by molar-refractivity contribution is -0.120. The largest absolute Gasteiger partial charge is 0.454 e. The number of aromatic nitrogens is 1. The highest BCUT2D eigenvalue weighted by molar-refractivity contribution is 5.88. The van der Waals surface area contributed by atoms with E-state index in [1.54, 1.807) is 0 Å². The smallest absolute Gasteiger partial charge is 0.231 e. The van der Waals surface area contributed by atoms with Crippen molar-refractivity contribution in [1.82, 2.24) is 10.3 Å². The quantitative estimate of drug-likeness (QED) is 0.680. The molecule has 0 spiro atoms. The summed E-state index contributed by atoms with van der Waals surface area (Å²) in [5.74, 6) is 1.66. The highest BCUT2D eigenvalue weighted by Gasteiger charge is 2.13. The standard InChI is InChI=1S/C20H20N2O3/c23-20(11-15-12-22-17-6-2-1-5-16(15)17)21-9-3-4-14-7-8-18-19(10-14)25-13-24-18/h1-2,5-8,10,12,22H,3-4,9,11,13H2,(H,21,23). The Kier molecular flexibility index (Phi) is 4.29. The van der Waals surface area contributed by atoms with Gasteiger partial charge in [-0.1, -0.05) is 24.3 Å². The van der Waals surface area contributed by atoms with Gasteiger partial charge in [0.25, 0.3) is 0 Å². The van der Waals surface area contributed by atoms with Crippen LogP contribution in [0, 0.1) is 0 Å². The third-order valence-electron chi connectivity index (χ3n) is 4.43. The Morgan fingerprint density at radius 3 is 2.96 bits per heavy atom. The molecule has 1 aliphatic heterocycles. The Hall–Kier alpha value is -2.95. The maximum absolute atomic E-state index is 12.2. The van der Waals surface area contributed by atoms with Crippen LogP contribution in [0.15, 0.2) is 48.7 Å². The molecule has 0 aliphatic carbocycles. The minimum Gasteiger partial charge on any atom is -0.454 e. The lowest BCUT2D eigenvalue weighted by Gasteiger charge is -2.06. The maximum atomic E-state index is 12.2. The number of rotatable bonds is 6. The molecule has 0 saturated heterocycles. The molecular weight excluding hydrogens is 316 g/mol. The highest BCUT2D eigenvalue weighted by Crippen LogP contribution is 2.32. The second-order valence-corrected chi connectivity index (χ2v) is 6.18. The number of aromatic amines is 1. The first-order valence-electron chi connectivity index (χ1n) is 8.50. The van der Waals surface area contributed by atoms with Crippen LogP contribution in [0.3, 0.4) is 0 Å². The van der Waals surface area contributed by atoms with E-state index < -0.39 is 0 Å². The fourth-order valence-corrected chi connectivity index (χ4v) is 3.13. The van der Waals surface area contributed by atoms with Crippen LogP contribution >= 0.6 is 0 Å². The number of para-hydroxylation sites is 1. The molecule has 0 fully saturated rings. The summed E-state index contributed by atoms with van der Waals surface area (Å²) in [7, 11) is 0. The monoisotopic (exact) mass is 336 g/mol. The minimum absolute atomic E-state index is 0.0513. The molecule has 25 heavy (non-hydrogen) atoms. The van der Waals surface area contributed by atoms with Crippen LogP contribution in [0.4, 0.5) is 0 Å². The van der Waals surface area contributed by atoms with E-state index in [0.29, 0.717) is 19.8 Å². The molecule has 0 unspecified atom stereocenters. The molecule has 0 radical (unpaired) electrons. The number of ether oxygens (including phenoxy) is 2. The number of fused-ring (bicyclic) bond motifs is 2. The summed E-state index contributed by atoms with van der Waals surface area (Å²) in [5, 5.41) is 4.11. The maximum Gasteiger partial charge on any atom is 0.231 e. The van der Waals surface area contributed by atoms with Crippen molar-refractivity contribution in [3.05, 3.63) is 59.8 Å². The average Bonchev–Trinajstić information content (AvgIpc) is 3.25. The number of hydrogen-bond donors (Lipinski definition) is 2. The average molecular weight is 336 g/mol. The van der Waals surface area contributed by atoms with Gasteiger partial charge in [0, 0.05) is 23.6 Å². The van der Waals surface area contributed by atoms with E-state index in [9.17, 15) is 4.79 Å². The van der Waals surface area contributed by atoms with E-state index in [0.717, 1.165) is 40.8 Å². The number of hydrogen-bond acceptors (Lipinski definition) is 3. The van der Waals surface area contributed by atoms with Crippen molar-refractivity contribution in [3.8, 4) is 11.5 Å². The second kappa shape index (κ2) is 6.89. The van der Waals surface area contributed by atoms with Gasteiger partial charge in [0.15, 0.2) is 11.5 Å². The van der Waals surface area contributed by atoms with Crippen molar-refractivity contribution >= 4 is 16.8 Å². The summed E-state index contributed by atoms with van der Waals surface area (Å²) in [6.45, 7) is 0.957. The molecule has 0 saturated carbocycles. The third-order valence-corrected chi connectivity index (χ3v) is 4.43. The number of carbonyl (C=O) groups is 1. The predicted octanol–water partition coefficient (Wildman–Crippen LogP) is 3.19. The van der Waals surface area contributed by atoms with Gasteiger partial charge < -0.3 is 19.8 Å². The molecule has 5 nitrogen and oxygen atoms in total. The lowest BCUT2D eigenvalue weighted by atomic mass is 10.1. The van der Waals surface area contributed by atoms with Gasteiger partial charge in [-0.3, -0.25) is 4.79 Å². The Balaban J connectivity index is 1.25. The van der Waals surface area contributed by atoms with Crippen LogP contribution in [-0.2, 0) is 17.6 Å². The summed E-state index contributed by atoms with van der Waals surface area (Å²) >= 11 is 0. The number of carbonyl (C=O) groups excluding carboxylic acids is 1. The van der Waals surface area contributed by atoms with Gasteiger partial charge in [-0.05, 0) is 42.2 Å². The molecule has 2 heterocycles. The summed E-state index contributed by atoms with van der Waals surface area (Å²) in [5.41, 5.74) is 3.28. The number of nitrogens with one attached hydrogen (secondary N) is 2. The Morgan fingerprint density at radius 2 is 2.00 bits per heavy atom. The van der Waals surface area contributed by atoms with E-state index in [4.69, 9.17) is 9.47 Å². The van der Waals surface area contributed by atoms with Crippen molar-refractivity contribution in [2.45, 2.75) is 19.3 Å². The van der Waals surface area contributed by atoms with Crippen molar-refractivity contribution in [1.29, 1.82) is 0 Å². The van der Waals surface area contributed by atoms with Crippen molar-refractivity contribution in [3.63, 3.8) is 0 Å². The van der Waals surface area contributed by atoms with E-state index in [-0.39, 0.29) is 5.91 Å². The number of amides is 1. The number of benzene rings is 2. The van der Waals surface area contributed by atoms with Gasteiger partial charge in [0.05, 0.1) is 6.42 Å². The van der Waals surface area contributed by atoms with Crippen LogP contribution in [0.2, 0.25) is 0 Å². The van der Waals surface area contributed by atoms with Crippen LogP contribution in [0.25, 0.3) is 10.9 Å². The van der Waals surface area contributed by atoms with Crippen LogP contribution < -0.4 is 14.8 Å². The molecule has 1 amide bonds. The molecule has 4 rings (SSSR count). The zero-order valence-electron chi connectivity index (χ0n) is 13.9. The Morgan fingerprint density at radius 1 is 1.12 bits per heavy atom. The molecule has 1 aliphatic rings. The first-order valence-corrected chi connectivity index (χ1v) is 8.50. The van der Waals surface area contributed by atoms with Crippen LogP contribution in [0.1, 0.15) is 17.5 Å². The Bertz CT molecular complexity index is 901. The normalized spacial score (nSPS) is 12.5. The fourth-order valence-electron chi connectivity index (χ4n) is 3.13. The lowest BCUT2D eigenvalue weighted by Crippen LogP contribution is -2.26. The van der Waals surface area contributed by atoms with Gasteiger partial charge in [-0.2, -0.15) is 0 Å². The van der Waals surface area contributed by atoms with Gasteiger partial charge in [-0.15, -0.1) is 0 Å². The van der Waals surface area contributed by atoms with Crippen LogP contribution in [0.5, 0.6) is 11.5 Å². The fraction of sp³-hybridized carbons (Fsp3) is 0.250. The zero-order valence-corrected chi connectivity index (χ0v) is 13.9. The minimum atomic E-state index is 0.0513. The molecule has 2 N–H and O–H groups in total. The van der Waals surface area contributed by atoms with Crippen molar-refractivity contribution in [2.75, 3.05) is 13.3 Å². The molecular formula is C20H20N2O3. The number of aryl methyl sites for hydroxylation is 1. The molecule has 1 aromatic heterocycles. The molecule has 3 aromatic rings. The predicted molar refractivity (Wildman–Crippen MR) is 95.9 cm³/mol. The van der Waals surface area contributed by atoms with Gasteiger partial charge >= 0.3 is 0 Å². The van der Waals surface area contributed by atoms with E-state index in [2.05, 4.69) is 10.3 Å². The SMILES string of the molecule is O=C(Cc1c[nH]c2ccccc12)NCCCc1ccc2c(c1)OCO2. The third kappa shape index (κ3) is 3.45. The van der Waals surface area contributed by atoms with E-state index >= 15 is 0 Å². The molecule has 0 atom stereocenters. The van der Waals surface area contributed by atoms with Crippen LogP contribution in [-0.4, -0.2) is 24.2 Å². The molecule has 128 valence electrons. The summed E-state index contributed by atoms with van der Waals surface area (Å²) in [6.07, 6.45) is 4.09. The summed E-state index contributed by atoms with van der Waals surface area (Å²) in [6, 6.07) is 14.0. The van der Waals surface area contributed by atoms with Gasteiger partial charge in [0.2, 0.25) is 12.7 Å². The van der Waals surface area contributed by atoms with Crippen molar-refractivity contribution in [2.24, 2.45) is 0 Å². The molecule has 2 aromatic carbocycles. The molecule has 5 heteroatoms. The second-order valence-electron chi connectivity index (χ2n) is 6.18. The van der Waals surface area contributed by atoms with Gasteiger partial charge in [0.1, 0.15) is 0 Å². The summed E-state index contributed by atoms with van der Waals surface area (Å²) in [4.78, 5) is 15.4. The van der Waals surface area contributed by atoms with E-state index in [1.165, 1.54) is 5.56 Å².